The van der Waals surface area contributed by atoms with Crippen molar-refractivity contribution in [3.8, 4) is 0 Å². The smallest absolute Gasteiger partial charge is 0.333 e. The van der Waals surface area contributed by atoms with E-state index in [0.717, 1.165) is 58.0 Å². The molecule has 1 aliphatic heterocycles. The standard InChI is InChI=1S/C16H27NO3/c1-14(2)16(19)20-13-9-4-3-7-11-17-12-8-5-6-10-15(17)18/h1,3-13H2,2H3. The van der Waals surface area contributed by atoms with E-state index in [-0.39, 0.29) is 5.97 Å². The summed E-state index contributed by atoms with van der Waals surface area (Å²) in [6.45, 7) is 7.46. The van der Waals surface area contributed by atoms with E-state index in [0.29, 0.717) is 18.1 Å². The first-order valence-electron chi connectivity index (χ1n) is 7.71. The number of carbonyl (C=O) groups is 2. The number of carbonyl (C=O) groups excluding carboxylic acids is 2. The molecule has 114 valence electrons. The first-order valence-corrected chi connectivity index (χ1v) is 7.71. The summed E-state index contributed by atoms with van der Waals surface area (Å²) < 4.78 is 5.03. The largest absolute Gasteiger partial charge is 0.462 e. The fourth-order valence-electron chi connectivity index (χ4n) is 2.32. The number of ether oxygens (including phenoxy) is 1. The first-order chi connectivity index (χ1) is 9.61. The van der Waals surface area contributed by atoms with Crippen molar-refractivity contribution in [2.45, 2.75) is 58.3 Å². The lowest BCUT2D eigenvalue weighted by atomic mass is 10.2. The van der Waals surface area contributed by atoms with Crippen LogP contribution in [-0.4, -0.2) is 36.5 Å². The van der Waals surface area contributed by atoms with Gasteiger partial charge in [0.2, 0.25) is 5.91 Å². The fraction of sp³-hybridized carbons (Fsp3) is 0.750. The van der Waals surface area contributed by atoms with Crippen molar-refractivity contribution in [3.63, 3.8) is 0 Å². The second kappa shape index (κ2) is 9.56. The molecule has 0 bridgehead atoms. The van der Waals surface area contributed by atoms with E-state index in [4.69, 9.17) is 4.74 Å². The van der Waals surface area contributed by atoms with Crippen LogP contribution >= 0.6 is 0 Å². The number of hydrogen-bond donors (Lipinski definition) is 0. The highest BCUT2D eigenvalue weighted by Crippen LogP contribution is 2.12. The summed E-state index contributed by atoms with van der Waals surface area (Å²) in [5, 5.41) is 0. The van der Waals surface area contributed by atoms with Gasteiger partial charge < -0.3 is 9.64 Å². The lowest BCUT2D eigenvalue weighted by Crippen LogP contribution is -2.31. The Morgan fingerprint density at radius 2 is 1.95 bits per heavy atom. The summed E-state index contributed by atoms with van der Waals surface area (Å²) in [4.78, 5) is 24.9. The van der Waals surface area contributed by atoms with Crippen molar-refractivity contribution in [1.29, 1.82) is 0 Å². The van der Waals surface area contributed by atoms with Crippen molar-refractivity contribution in [3.05, 3.63) is 12.2 Å². The quantitative estimate of drug-likeness (QED) is 0.390. The van der Waals surface area contributed by atoms with E-state index in [9.17, 15) is 9.59 Å². The molecule has 0 atom stereocenters. The zero-order chi connectivity index (χ0) is 14.8. The van der Waals surface area contributed by atoms with Gasteiger partial charge in [-0.3, -0.25) is 4.79 Å². The highest BCUT2D eigenvalue weighted by molar-refractivity contribution is 5.86. The van der Waals surface area contributed by atoms with E-state index in [1.165, 1.54) is 6.42 Å². The maximum absolute atomic E-state index is 11.8. The number of rotatable bonds is 8. The summed E-state index contributed by atoms with van der Waals surface area (Å²) in [5.41, 5.74) is 0.449. The number of amides is 1. The molecular weight excluding hydrogens is 254 g/mol. The van der Waals surface area contributed by atoms with Crippen LogP contribution < -0.4 is 0 Å². The van der Waals surface area contributed by atoms with Gasteiger partial charge in [0.05, 0.1) is 6.61 Å². The summed E-state index contributed by atoms with van der Waals surface area (Å²) in [7, 11) is 0. The van der Waals surface area contributed by atoms with Crippen molar-refractivity contribution >= 4 is 11.9 Å². The zero-order valence-electron chi connectivity index (χ0n) is 12.7. The average molecular weight is 281 g/mol. The normalized spacial score (nSPS) is 15.8. The molecule has 1 rings (SSSR count). The molecule has 0 spiro atoms. The van der Waals surface area contributed by atoms with Crippen molar-refractivity contribution < 1.29 is 14.3 Å². The minimum atomic E-state index is -0.305. The van der Waals surface area contributed by atoms with Gasteiger partial charge in [0.1, 0.15) is 0 Å². The molecule has 0 aliphatic carbocycles. The molecule has 0 radical (unpaired) electrons. The monoisotopic (exact) mass is 281 g/mol. The Kier molecular flexibility index (Phi) is 8.00. The molecule has 0 aromatic rings. The third-order valence-corrected chi connectivity index (χ3v) is 3.58. The molecule has 0 aromatic heterocycles. The maximum atomic E-state index is 11.8. The zero-order valence-corrected chi connectivity index (χ0v) is 12.7. The van der Waals surface area contributed by atoms with E-state index in [2.05, 4.69) is 6.58 Å². The van der Waals surface area contributed by atoms with E-state index >= 15 is 0 Å². The van der Waals surface area contributed by atoms with E-state index < -0.39 is 0 Å². The third-order valence-electron chi connectivity index (χ3n) is 3.58. The number of unbranched alkanes of at least 4 members (excludes halogenated alkanes) is 3. The summed E-state index contributed by atoms with van der Waals surface area (Å²) in [5.74, 6) is 0.0121. The maximum Gasteiger partial charge on any atom is 0.333 e. The summed E-state index contributed by atoms with van der Waals surface area (Å²) in [6, 6.07) is 0. The van der Waals surface area contributed by atoms with Gasteiger partial charge in [-0.15, -0.1) is 0 Å². The lowest BCUT2D eigenvalue weighted by Gasteiger charge is -2.20. The second-order valence-corrected chi connectivity index (χ2v) is 5.52. The molecule has 1 fully saturated rings. The first kappa shape index (κ1) is 16.7. The molecule has 4 nitrogen and oxygen atoms in total. The van der Waals surface area contributed by atoms with Gasteiger partial charge in [-0.2, -0.15) is 0 Å². The van der Waals surface area contributed by atoms with Crippen LogP contribution in [0.2, 0.25) is 0 Å². The van der Waals surface area contributed by atoms with Gasteiger partial charge in [-0.1, -0.05) is 19.4 Å². The highest BCUT2D eigenvalue weighted by Gasteiger charge is 2.15. The molecule has 0 unspecified atom stereocenters. The Morgan fingerprint density at radius 1 is 1.20 bits per heavy atom. The van der Waals surface area contributed by atoms with Gasteiger partial charge in [0.15, 0.2) is 0 Å². The van der Waals surface area contributed by atoms with Gasteiger partial charge in [0, 0.05) is 25.1 Å². The molecule has 1 saturated heterocycles. The van der Waals surface area contributed by atoms with E-state index in [1.54, 1.807) is 6.92 Å². The lowest BCUT2D eigenvalue weighted by molar-refractivity contribution is -0.139. The molecule has 0 aromatic carbocycles. The molecule has 1 amide bonds. The molecule has 4 heteroatoms. The molecule has 1 aliphatic rings. The molecular formula is C16H27NO3. The number of nitrogens with zero attached hydrogens (tertiary/aromatic N) is 1. The number of hydrogen-bond acceptors (Lipinski definition) is 3. The van der Waals surface area contributed by atoms with Crippen LogP contribution in [0.3, 0.4) is 0 Å². The van der Waals surface area contributed by atoms with Crippen LogP contribution in [0.5, 0.6) is 0 Å². The number of likely N-dealkylation sites (tertiary alicyclic amines) is 1. The molecule has 1 heterocycles. The predicted molar refractivity (Wildman–Crippen MR) is 79.3 cm³/mol. The van der Waals surface area contributed by atoms with Crippen LogP contribution in [0.25, 0.3) is 0 Å². The fourth-order valence-corrected chi connectivity index (χ4v) is 2.32. The van der Waals surface area contributed by atoms with Crippen LogP contribution in [0.15, 0.2) is 12.2 Å². The van der Waals surface area contributed by atoms with Crippen molar-refractivity contribution in [2.24, 2.45) is 0 Å². The Bertz CT molecular complexity index is 339. The molecule has 0 N–H and O–H groups in total. The predicted octanol–water partition coefficient (Wildman–Crippen LogP) is 3.07. The minimum Gasteiger partial charge on any atom is -0.462 e. The second-order valence-electron chi connectivity index (χ2n) is 5.52. The van der Waals surface area contributed by atoms with Gasteiger partial charge in [0.25, 0.3) is 0 Å². The third kappa shape index (κ3) is 6.73. The van der Waals surface area contributed by atoms with Gasteiger partial charge in [-0.25, -0.2) is 4.79 Å². The van der Waals surface area contributed by atoms with Crippen LogP contribution in [0.1, 0.15) is 58.3 Å². The topological polar surface area (TPSA) is 46.6 Å². The highest BCUT2D eigenvalue weighted by atomic mass is 16.5. The van der Waals surface area contributed by atoms with Crippen molar-refractivity contribution in [2.75, 3.05) is 19.7 Å². The Balaban J connectivity index is 2.00. The SMILES string of the molecule is C=C(C)C(=O)OCCCCCCN1CCCCCC1=O. The molecule has 0 saturated carbocycles. The Hall–Kier alpha value is -1.32. The van der Waals surface area contributed by atoms with Crippen molar-refractivity contribution in [1.82, 2.24) is 4.90 Å². The van der Waals surface area contributed by atoms with Gasteiger partial charge >= 0.3 is 5.97 Å². The average Bonchev–Trinajstić information content (AvgIpc) is 2.62. The van der Waals surface area contributed by atoms with Crippen LogP contribution in [-0.2, 0) is 14.3 Å². The summed E-state index contributed by atoms with van der Waals surface area (Å²) >= 11 is 0. The van der Waals surface area contributed by atoms with Crippen LogP contribution in [0, 0.1) is 0 Å². The Morgan fingerprint density at radius 3 is 2.70 bits per heavy atom. The minimum absolute atomic E-state index is 0.305. The van der Waals surface area contributed by atoms with Crippen LogP contribution in [0.4, 0.5) is 0 Å². The number of esters is 1. The Labute approximate surface area is 122 Å². The summed E-state index contributed by atoms with van der Waals surface area (Å²) in [6.07, 6.45) is 8.12. The van der Waals surface area contributed by atoms with E-state index in [1.807, 2.05) is 4.90 Å². The van der Waals surface area contributed by atoms with Gasteiger partial charge in [-0.05, 0) is 39.0 Å². The molecule has 20 heavy (non-hydrogen) atoms.